The van der Waals surface area contributed by atoms with Crippen LogP contribution in [0.15, 0.2) is 358 Å². The molecule has 7 aromatic heterocycles. The lowest BCUT2D eigenvalue weighted by molar-refractivity contribution is 0.660. The molecule has 0 saturated carbocycles. The molecule has 0 aliphatic heterocycles. The standard InChI is InChI=1S/C52H35N3S.C49H30N4S/c1-52(2)41-21-11-9-18-38(41)40-30-36(28-29-42(40)52)45-31-44(33-16-7-4-8-17-33)54-51(55-45)35-26-24-34(25-27-35)49-48-39-19-10-12-23-46(39)56-50(48)47-37(20-13-22-43(47)53-49)32-14-5-3-6-15-32;1-3-14-31(15-4-1)35-21-13-22-39-45(35)48-46(38-20-9-12-25-43(38)54-48)47(50-39)33-26-28-34(29-27-33)49-51-40(32-16-5-2-6-17-32)30-44(52-49)53-41-23-10-7-18-36(41)37-19-8-11-24-42(37)53/h3-31H,1-2H3;1-30H. The third-order valence-corrected chi connectivity index (χ3v) is 24.3. The van der Waals surface area contributed by atoms with Crippen molar-refractivity contribution < 1.29 is 0 Å². The highest BCUT2D eigenvalue weighted by molar-refractivity contribution is 7.27. The topological polar surface area (TPSA) is 82.3 Å². The molecule has 9 heteroatoms. The molecule has 1 aliphatic carbocycles. The van der Waals surface area contributed by atoms with E-state index in [9.17, 15) is 0 Å². The van der Waals surface area contributed by atoms with Crippen molar-refractivity contribution in [2.75, 3.05) is 0 Å². The van der Waals surface area contributed by atoms with Crippen LogP contribution in [-0.4, -0.2) is 34.5 Å². The van der Waals surface area contributed by atoms with Gasteiger partial charge in [0.2, 0.25) is 0 Å². The minimum Gasteiger partial charge on any atom is -0.294 e. The van der Waals surface area contributed by atoms with Crippen molar-refractivity contribution in [2.45, 2.75) is 19.3 Å². The van der Waals surface area contributed by atoms with E-state index in [2.05, 4.69) is 364 Å². The van der Waals surface area contributed by atoms with Crippen LogP contribution in [0, 0.1) is 0 Å². The molecule has 7 heterocycles. The van der Waals surface area contributed by atoms with Crippen molar-refractivity contribution in [2.24, 2.45) is 0 Å². The first-order chi connectivity index (χ1) is 54.3. The minimum absolute atomic E-state index is 0.0524. The fraction of sp³-hybridized carbons (Fsp3) is 0.0297. The Bertz CT molecular complexity index is 7160. The minimum atomic E-state index is -0.0524. The van der Waals surface area contributed by atoms with Crippen molar-refractivity contribution in [3.05, 3.63) is 369 Å². The van der Waals surface area contributed by atoms with E-state index in [1.165, 1.54) is 106 Å². The Hall–Kier alpha value is -13.7. The molecule has 0 fully saturated rings. The number of pyridine rings is 2. The van der Waals surface area contributed by atoms with Crippen molar-refractivity contribution in [1.29, 1.82) is 0 Å². The highest BCUT2D eigenvalue weighted by Crippen LogP contribution is 2.52. The number of benzene rings is 14. The zero-order valence-corrected chi connectivity index (χ0v) is 61.6. The Morgan fingerprint density at radius 2 is 0.636 bits per heavy atom. The summed E-state index contributed by atoms with van der Waals surface area (Å²) >= 11 is 3.70. The maximum Gasteiger partial charge on any atom is 0.162 e. The molecule has 14 aromatic carbocycles. The lowest BCUT2D eigenvalue weighted by atomic mass is 9.82. The lowest BCUT2D eigenvalue weighted by Gasteiger charge is -2.21. The molecule has 0 radical (unpaired) electrons. The van der Waals surface area contributed by atoms with Crippen LogP contribution >= 0.6 is 22.7 Å². The average molecular weight is 1440 g/mol. The van der Waals surface area contributed by atoms with Gasteiger partial charge in [0.1, 0.15) is 5.82 Å². The normalized spacial score (nSPS) is 12.3. The summed E-state index contributed by atoms with van der Waals surface area (Å²) in [5, 5.41) is 9.64. The van der Waals surface area contributed by atoms with E-state index in [1.807, 2.05) is 34.8 Å². The molecule has 516 valence electrons. The van der Waals surface area contributed by atoms with E-state index in [0.29, 0.717) is 11.6 Å². The van der Waals surface area contributed by atoms with E-state index in [-0.39, 0.29) is 5.41 Å². The van der Waals surface area contributed by atoms with E-state index < -0.39 is 0 Å². The molecule has 0 amide bonds. The van der Waals surface area contributed by atoms with Gasteiger partial charge in [0.05, 0.1) is 50.5 Å². The van der Waals surface area contributed by atoms with E-state index in [0.717, 1.165) is 95.3 Å². The molecule has 0 atom stereocenters. The molecule has 7 nitrogen and oxygen atoms in total. The second-order valence-corrected chi connectivity index (χ2v) is 30.8. The van der Waals surface area contributed by atoms with Gasteiger partial charge in [-0.3, -0.25) is 4.57 Å². The fourth-order valence-corrected chi connectivity index (χ4v) is 19.2. The zero-order chi connectivity index (χ0) is 73.0. The summed E-state index contributed by atoms with van der Waals surface area (Å²) in [5.74, 6) is 2.20. The second-order valence-electron chi connectivity index (χ2n) is 28.7. The zero-order valence-electron chi connectivity index (χ0n) is 60.0. The monoisotopic (exact) mass is 1440 g/mol. The van der Waals surface area contributed by atoms with Crippen LogP contribution in [0.2, 0.25) is 0 Å². The Labute approximate surface area is 643 Å². The van der Waals surface area contributed by atoms with Crippen LogP contribution in [0.5, 0.6) is 0 Å². The highest BCUT2D eigenvalue weighted by Gasteiger charge is 2.35. The molecule has 0 unspecified atom stereocenters. The van der Waals surface area contributed by atoms with Gasteiger partial charge in [-0.2, -0.15) is 0 Å². The molecular weight excluding hydrogens is 1380 g/mol. The smallest absolute Gasteiger partial charge is 0.162 e. The van der Waals surface area contributed by atoms with E-state index in [1.54, 1.807) is 0 Å². The summed E-state index contributed by atoms with van der Waals surface area (Å²) in [6.45, 7) is 4.64. The summed E-state index contributed by atoms with van der Waals surface area (Å²) in [7, 11) is 0. The molecule has 22 rings (SSSR count). The van der Waals surface area contributed by atoms with Crippen LogP contribution in [0.4, 0.5) is 0 Å². The highest BCUT2D eigenvalue weighted by atomic mass is 32.1. The summed E-state index contributed by atoms with van der Waals surface area (Å²) < 4.78 is 7.30. The lowest BCUT2D eigenvalue weighted by Crippen LogP contribution is -2.14. The quantitative estimate of drug-likeness (QED) is 0.136. The number of aromatic nitrogens is 7. The summed E-state index contributed by atoms with van der Waals surface area (Å²) in [5.41, 5.74) is 26.1. The number of thiophene rings is 2. The van der Waals surface area contributed by atoms with Gasteiger partial charge in [-0.05, 0) is 93.0 Å². The van der Waals surface area contributed by atoms with Crippen LogP contribution in [0.25, 0.3) is 202 Å². The first-order valence-corrected chi connectivity index (χ1v) is 38.9. The van der Waals surface area contributed by atoms with Gasteiger partial charge < -0.3 is 0 Å². The maximum absolute atomic E-state index is 5.42. The fourth-order valence-electron chi connectivity index (χ4n) is 16.7. The molecule has 110 heavy (non-hydrogen) atoms. The molecule has 0 spiro atoms. The van der Waals surface area contributed by atoms with Crippen LogP contribution < -0.4 is 0 Å². The third-order valence-electron chi connectivity index (χ3n) is 21.9. The van der Waals surface area contributed by atoms with Crippen molar-refractivity contribution in [3.8, 4) is 118 Å². The average Bonchev–Trinajstić information content (AvgIpc) is 1.55. The molecule has 1 aliphatic rings. The van der Waals surface area contributed by atoms with E-state index in [4.69, 9.17) is 29.9 Å². The summed E-state index contributed by atoms with van der Waals surface area (Å²) in [6.07, 6.45) is 0. The van der Waals surface area contributed by atoms with Crippen LogP contribution in [0.3, 0.4) is 0 Å². The Morgan fingerprint density at radius 1 is 0.255 bits per heavy atom. The Kier molecular flexibility index (Phi) is 15.5. The molecule has 0 bridgehead atoms. The Morgan fingerprint density at radius 3 is 1.15 bits per heavy atom. The number of para-hydroxylation sites is 2. The van der Waals surface area contributed by atoms with Crippen molar-refractivity contribution in [3.63, 3.8) is 0 Å². The third kappa shape index (κ3) is 10.9. The predicted octanol–water partition coefficient (Wildman–Crippen LogP) is 27.2. The van der Waals surface area contributed by atoms with Gasteiger partial charge >= 0.3 is 0 Å². The number of nitrogens with zero attached hydrogens (tertiary/aromatic N) is 7. The second kappa shape index (κ2) is 26.4. The van der Waals surface area contributed by atoms with Crippen LogP contribution in [0.1, 0.15) is 25.0 Å². The van der Waals surface area contributed by atoms with Gasteiger partial charge in [0.25, 0.3) is 0 Å². The molecule has 0 saturated heterocycles. The van der Waals surface area contributed by atoms with E-state index >= 15 is 0 Å². The maximum atomic E-state index is 5.42. The SMILES string of the molecule is CC1(C)c2ccccc2-c2cc(-c3cc(-c4ccccc4)nc(-c4ccc(-c5nc6cccc(-c7ccccc7)c6c6sc7ccccc7c56)cc4)n3)ccc21.c1ccc(-c2cc(-n3c4ccccc4c4ccccc43)nc(-c3ccc(-c4nc5cccc(-c6ccccc6)c5c5sc6ccccc6c45)cc3)n2)cc1. The van der Waals surface area contributed by atoms with Crippen LogP contribution in [-0.2, 0) is 5.41 Å². The van der Waals surface area contributed by atoms with Gasteiger partial charge in [0.15, 0.2) is 11.6 Å². The van der Waals surface area contributed by atoms with Gasteiger partial charge in [0, 0.05) is 112 Å². The number of rotatable bonds is 10. The van der Waals surface area contributed by atoms with Gasteiger partial charge in [-0.15, -0.1) is 22.7 Å². The molecule has 21 aromatic rings. The molecule has 0 N–H and O–H groups in total. The summed E-state index contributed by atoms with van der Waals surface area (Å²) in [6, 6.07) is 127. The first-order valence-electron chi connectivity index (χ1n) is 37.2. The van der Waals surface area contributed by atoms with Gasteiger partial charge in [-0.25, -0.2) is 29.9 Å². The number of hydrogen-bond acceptors (Lipinski definition) is 8. The summed E-state index contributed by atoms with van der Waals surface area (Å²) in [4.78, 5) is 31.7. The van der Waals surface area contributed by atoms with Gasteiger partial charge in [-0.1, -0.05) is 317 Å². The first kappa shape index (κ1) is 64.7. The molecular formula is C101H65N7S2. The van der Waals surface area contributed by atoms with Crippen molar-refractivity contribution in [1.82, 2.24) is 34.5 Å². The number of fused-ring (bicyclic) bond motifs is 16. The largest absolute Gasteiger partial charge is 0.294 e. The predicted molar refractivity (Wildman–Crippen MR) is 461 cm³/mol. The number of hydrogen-bond donors (Lipinski definition) is 0. The Balaban J connectivity index is 0.000000140. The van der Waals surface area contributed by atoms with Crippen molar-refractivity contribution >= 4 is 107 Å².